The molecular formula is C17H19N. The first kappa shape index (κ1) is 12.6. The molecule has 1 heterocycles. The molecule has 18 heavy (non-hydrogen) atoms. The summed E-state index contributed by atoms with van der Waals surface area (Å²) >= 11 is 0. The molecule has 92 valence electrons. The highest BCUT2D eigenvalue weighted by Gasteiger charge is 1.97. The molecule has 0 fully saturated rings. The van der Waals surface area contributed by atoms with Crippen LogP contribution in [0.5, 0.6) is 0 Å². The molecule has 1 aromatic carbocycles. The Hall–Kier alpha value is -1.89. The van der Waals surface area contributed by atoms with E-state index in [-0.39, 0.29) is 0 Å². The number of rotatable bonds is 5. The minimum Gasteiger partial charge on any atom is -0.264 e. The lowest BCUT2D eigenvalue weighted by Gasteiger charge is -2.03. The highest BCUT2D eigenvalue weighted by Crippen LogP contribution is 2.09. The molecule has 0 saturated carbocycles. The molecule has 2 rings (SSSR count). The van der Waals surface area contributed by atoms with E-state index in [1.807, 2.05) is 12.4 Å². The molecule has 0 aliphatic rings. The summed E-state index contributed by atoms with van der Waals surface area (Å²) in [5, 5.41) is 0. The van der Waals surface area contributed by atoms with Crippen LogP contribution < -0.4 is 0 Å². The molecule has 0 aliphatic heterocycles. The number of hydrogen-bond acceptors (Lipinski definition) is 1. The average Bonchev–Trinajstić information content (AvgIpc) is 2.45. The Bertz CT molecular complexity index is 500. The van der Waals surface area contributed by atoms with Gasteiger partial charge in [0.2, 0.25) is 0 Å². The first-order chi connectivity index (χ1) is 8.90. The van der Waals surface area contributed by atoms with Gasteiger partial charge < -0.3 is 0 Å². The van der Waals surface area contributed by atoms with Gasteiger partial charge in [0, 0.05) is 12.4 Å². The molecule has 0 saturated heterocycles. The van der Waals surface area contributed by atoms with Gasteiger partial charge in [-0.25, -0.2) is 0 Å². The van der Waals surface area contributed by atoms with E-state index in [2.05, 4.69) is 60.5 Å². The maximum Gasteiger partial charge on any atom is 0.0302 e. The Morgan fingerprint density at radius 3 is 2.50 bits per heavy atom. The summed E-state index contributed by atoms with van der Waals surface area (Å²) in [6.45, 7) is 2.17. The zero-order valence-corrected chi connectivity index (χ0v) is 10.8. The standard InChI is InChI=1S/C17H19N/c1-2-16-14-18-13-12-17(16)11-7-6-10-15-8-4-3-5-9-15/h3-9,12-14H,2,10-11H2,1H3. The second-order valence-electron chi connectivity index (χ2n) is 4.36. The van der Waals surface area contributed by atoms with Crippen molar-refractivity contribution in [2.24, 2.45) is 0 Å². The van der Waals surface area contributed by atoms with Crippen LogP contribution in [0, 0.1) is 0 Å². The summed E-state index contributed by atoms with van der Waals surface area (Å²) in [5.41, 5.74) is 4.10. The summed E-state index contributed by atoms with van der Waals surface area (Å²) in [4.78, 5) is 4.17. The van der Waals surface area contributed by atoms with E-state index in [1.54, 1.807) is 0 Å². The van der Waals surface area contributed by atoms with Crippen molar-refractivity contribution in [3.05, 3.63) is 77.6 Å². The maximum absolute atomic E-state index is 4.17. The number of benzene rings is 1. The Labute approximate surface area is 109 Å². The van der Waals surface area contributed by atoms with Crippen LogP contribution in [0.2, 0.25) is 0 Å². The van der Waals surface area contributed by atoms with Gasteiger partial charge >= 0.3 is 0 Å². The third-order valence-electron chi connectivity index (χ3n) is 3.09. The topological polar surface area (TPSA) is 12.9 Å². The number of pyridine rings is 1. The number of aromatic nitrogens is 1. The normalized spacial score (nSPS) is 10.9. The number of allylic oxidation sites excluding steroid dienone is 2. The molecule has 0 unspecified atom stereocenters. The SMILES string of the molecule is CCc1cnccc1CC=CCc1ccccc1. The lowest BCUT2D eigenvalue weighted by atomic mass is 10.0. The molecule has 2 aromatic rings. The monoisotopic (exact) mass is 237 g/mol. The van der Waals surface area contributed by atoms with E-state index in [0.29, 0.717) is 0 Å². The van der Waals surface area contributed by atoms with Crippen LogP contribution in [0.15, 0.2) is 60.9 Å². The van der Waals surface area contributed by atoms with Gasteiger partial charge in [-0.1, -0.05) is 49.4 Å². The van der Waals surface area contributed by atoms with Gasteiger partial charge in [0.1, 0.15) is 0 Å². The zero-order chi connectivity index (χ0) is 12.6. The van der Waals surface area contributed by atoms with E-state index in [1.165, 1.54) is 16.7 Å². The number of nitrogens with zero attached hydrogens (tertiary/aromatic N) is 1. The molecule has 0 N–H and O–H groups in total. The smallest absolute Gasteiger partial charge is 0.0302 e. The second-order valence-corrected chi connectivity index (χ2v) is 4.36. The van der Waals surface area contributed by atoms with Crippen LogP contribution >= 0.6 is 0 Å². The van der Waals surface area contributed by atoms with Crippen LogP contribution in [0.25, 0.3) is 0 Å². The van der Waals surface area contributed by atoms with Crippen molar-refractivity contribution in [2.75, 3.05) is 0 Å². The Kier molecular flexibility index (Phi) is 4.71. The zero-order valence-electron chi connectivity index (χ0n) is 10.8. The summed E-state index contributed by atoms with van der Waals surface area (Å²) in [6, 6.07) is 12.7. The average molecular weight is 237 g/mol. The van der Waals surface area contributed by atoms with Gasteiger partial charge in [0.05, 0.1) is 0 Å². The van der Waals surface area contributed by atoms with Crippen LogP contribution in [0.3, 0.4) is 0 Å². The van der Waals surface area contributed by atoms with Crippen molar-refractivity contribution in [3.63, 3.8) is 0 Å². The third-order valence-corrected chi connectivity index (χ3v) is 3.09. The Morgan fingerprint density at radius 2 is 1.72 bits per heavy atom. The van der Waals surface area contributed by atoms with Crippen molar-refractivity contribution in [1.82, 2.24) is 4.98 Å². The van der Waals surface area contributed by atoms with Crippen LogP contribution in [0.4, 0.5) is 0 Å². The van der Waals surface area contributed by atoms with Crippen LogP contribution in [-0.2, 0) is 19.3 Å². The van der Waals surface area contributed by atoms with E-state index < -0.39 is 0 Å². The molecule has 0 radical (unpaired) electrons. The summed E-state index contributed by atoms with van der Waals surface area (Å²) < 4.78 is 0. The van der Waals surface area contributed by atoms with Gasteiger partial charge in [0.25, 0.3) is 0 Å². The number of aryl methyl sites for hydroxylation is 1. The minimum absolute atomic E-state index is 0.999. The lowest BCUT2D eigenvalue weighted by Crippen LogP contribution is -1.92. The van der Waals surface area contributed by atoms with Crippen molar-refractivity contribution in [2.45, 2.75) is 26.2 Å². The van der Waals surface area contributed by atoms with Crippen LogP contribution in [-0.4, -0.2) is 4.98 Å². The molecule has 0 atom stereocenters. The van der Waals surface area contributed by atoms with E-state index in [4.69, 9.17) is 0 Å². The predicted molar refractivity (Wildman–Crippen MR) is 76.6 cm³/mol. The maximum atomic E-state index is 4.17. The van der Waals surface area contributed by atoms with Gasteiger partial charge in [-0.2, -0.15) is 0 Å². The largest absolute Gasteiger partial charge is 0.264 e. The Balaban J connectivity index is 1.91. The van der Waals surface area contributed by atoms with Gasteiger partial charge in [-0.15, -0.1) is 0 Å². The van der Waals surface area contributed by atoms with E-state index in [0.717, 1.165) is 19.3 Å². The molecule has 1 heteroatoms. The fourth-order valence-electron chi connectivity index (χ4n) is 2.02. The summed E-state index contributed by atoms with van der Waals surface area (Å²) in [6.07, 6.45) is 11.4. The fraction of sp³-hybridized carbons (Fsp3) is 0.235. The van der Waals surface area contributed by atoms with Crippen molar-refractivity contribution >= 4 is 0 Å². The fourth-order valence-corrected chi connectivity index (χ4v) is 2.02. The lowest BCUT2D eigenvalue weighted by molar-refractivity contribution is 1.04. The quantitative estimate of drug-likeness (QED) is 0.717. The predicted octanol–water partition coefficient (Wildman–Crippen LogP) is 3.99. The minimum atomic E-state index is 0.999. The second kappa shape index (κ2) is 6.75. The Morgan fingerprint density at radius 1 is 0.944 bits per heavy atom. The molecule has 0 bridgehead atoms. The molecule has 0 spiro atoms. The summed E-state index contributed by atoms with van der Waals surface area (Å²) in [5.74, 6) is 0. The van der Waals surface area contributed by atoms with Gasteiger partial charge in [-0.3, -0.25) is 4.98 Å². The number of hydrogen-bond donors (Lipinski definition) is 0. The molecule has 0 aliphatic carbocycles. The highest BCUT2D eigenvalue weighted by atomic mass is 14.6. The van der Waals surface area contributed by atoms with Gasteiger partial charge in [-0.05, 0) is 42.0 Å². The highest BCUT2D eigenvalue weighted by molar-refractivity contribution is 5.26. The van der Waals surface area contributed by atoms with Crippen LogP contribution in [0.1, 0.15) is 23.6 Å². The van der Waals surface area contributed by atoms with Crippen molar-refractivity contribution in [1.29, 1.82) is 0 Å². The first-order valence-electron chi connectivity index (χ1n) is 6.51. The van der Waals surface area contributed by atoms with Gasteiger partial charge in [0.15, 0.2) is 0 Å². The van der Waals surface area contributed by atoms with Crippen molar-refractivity contribution < 1.29 is 0 Å². The molecule has 1 nitrogen and oxygen atoms in total. The third kappa shape index (κ3) is 3.56. The molecule has 0 amide bonds. The van der Waals surface area contributed by atoms with E-state index in [9.17, 15) is 0 Å². The molecular weight excluding hydrogens is 218 g/mol. The first-order valence-corrected chi connectivity index (χ1v) is 6.51. The van der Waals surface area contributed by atoms with E-state index >= 15 is 0 Å². The molecule has 1 aromatic heterocycles. The summed E-state index contributed by atoms with van der Waals surface area (Å²) in [7, 11) is 0. The van der Waals surface area contributed by atoms with Crippen molar-refractivity contribution in [3.8, 4) is 0 Å².